The number of hydrogen-bond donors (Lipinski definition) is 1. The summed E-state index contributed by atoms with van der Waals surface area (Å²) in [5, 5.41) is 15.5. The van der Waals surface area contributed by atoms with Gasteiger partial charge in [-0.25, -0.2) is 23.2 Å². The van der Waals surface area contributed by atoms with E-state index < -0.39 is 17.2 Å². The zero-order valence-corrected chi connectivity index (χ0v) is 18.3. The Morgan fingerprint density at radius 2 is 1.94 bits per heavy atom. The normalized spacial score (nSPS) is 17.0. The number of ether oxygens (including phenoxy) is 1. The lowest BCUT2D eigenvalue weighted by atomic mass is 9.91. The van der Waals surface area contributed by atoms with E-state index in [0.29, 0.717) is 31.5 Å². The Balaban J connectivity index is 1.43. The summed E-state index contributed by atoms with van der Waals surface area (Å²) in [6, 6.07) is 10.4. The lowest BCUT2D eigenvalue weighted by Crippen LogP contribution is -2.48. The number of aromatic nitrogens is 3. The van der Waals surface area contributed by atoms with Crippen molar-refractivity contribution in [2.75, 3.05) is 19.6 Å². The summed E-state index contributed by atoms with van der Waals surface area (Å²) < 4.78 is 35.2. The van der Waals surface area contributed by atoms with E-state index in [-0.39, 0.29) is 30.7 Å². The number of aliphatic hydroxyl groups is 1. The van der Waals surface area contributed by atoms with Gasteiger partial charge in [-0.3, -0.25) is 4.90 Å². The molecule has 1 aliphatic rings. The summed E-state index contributed by atoms with van der Waals surface area (Å²) in [7, 11) is 0. The second-order valence-electron chi connectivity index (χ2n) is 8.44. The van der Waals surface area contributed by atoms with Crippen LogP contribution in [0.3, 0.4) is 0 Å². The first-order valence-electron chi connectivity index (χ1n) is 10.8. The SMILES string of the molecule is Cc1ccccc1C(=O)OC1CCN(CC(O)(Cn2cncn2)c2ccc(F)cc2F)CC1. The molecule has 1 saturated heterocycles. The highest BCUT2D eigenvalue weighted by atomic mass is 19.1. The molecule has 1 atom stereocenters. The predicted molar refractivity (Wildman–Crippen MR) is 116 cm³/mol. The number of piperidine rings is 1. The van der Waals surface area contributed by atoms with E-state index in [1.54, 1.807) is 12.1 Å². The van der Waals surface area contributed by atoms with Gasteiger partial charge >= 0.3 is 5.97 Å². The molecule has 1 N–H and O–H groups in total. The van der Waals surface area contributed by atoms with Gasteiger partial charge in [0.05, 0.1) is 12.1 Å². The van der Waals surface area contributed by atoms with Crippen LogP contribution in [0.25, 0.3) is 0 Å². The molecule has 0 bridgehead atoms. The fraction of sp³-hybridized carbons (Fsp3) is 0.375. The summed E-state index contributed by atoms with van der Waals surface area (Å²) in [5.74, 6) is -1.88. The van der Waals surface area contributed by atoms with Crippen molar-refractivity contribution in [1.82, 2.24) is 19.7 Å². The van der Waals surface area contributed by atoms with Crippen molar-refractivity contribution in [3.05, 3.63) is 83.4 Å². The summed E-state index contributed by atoms with van der Waals surface area (Å²) >= 11 is 0. The molecule has 2 heterocycles. The zero-order valence-electron chi connectivity index (χ0n) is 18.3. The molecule has 33 heavy (non-hydrogen) atoms. The predicted octanol–water partition coefficient (Wildman–Crippen LogP) is 3.07. The molecule has 0 saturated carbocycles. The molecule has 3 aromatic rings. The van der Waals surface area contributed by atoms with E-state index in [1.807, 2.05) is 24.0 Å². The molecule has 4 rings (SSSR count). The van der Waals surface area contributed by atoms with Crippen molar-refractivity contribution in [2.24, 2.45) is 0 Å². The Morgan fingerprint density at radius 1 is 1.18 bits per heavy atom. The Hall–Kier alpha value is -3.17. The van der Waals surface area contributed by atoms with Crippen LogP contribution in [0.1, 0.15) is 34.3 Å². The van der Waals surface area contributed by atoms with E-state index in [2.05, 4.69) is 10.1 Å². The third-order valence-corrected chi connectivity index (χ3v) is 5.98. The summed E-state index contributed by atoms with van der Waals surface area (Å²) in [6.45, 7) is 3.03. The molecular weight excluding hydrogens is 430 g/mol. The maximum Gasteiger partial charge on any atom is 0.338 e. The Morgan fingerprint density at radius 3 is 2.61 bits per heavy atom. The number of nitrogens with zero attached hydrogens (tertiary/aromatic N) is 4. The maximum absolute atomic E-state index is 14.6. The molecule has 0 spiro atoms. The first-order valence-corrected chi connectivity index (χ1v) is 10.8. The van der Waals surface area contributed by atoms with Gasteiger partial charge in [0.15, 0.2) is 0 Å². The van der Waals surface area contributed by atoms with Crippen molar-refractivity contribution < 1.29 is 23.4 Å². The van der Waals surface area contributed by atoms with Gasteiger partial charge in [-0.1, -0.05) is 24.3 Å². The van der Waals surface area contributed by atoms with Crippen LogP contribution in [-0.2, 0) is 16.9 Å². The van der Waals surface area contributed by atoms with Crippen LogP contribution in [0.15, 0.2) is 55.1 Å². The number of esters is 1. The van der Waals surface area contributed by atoms with E-state index in [4.69, 9.17) is 4.74 Å². The van der Waals surface area contributed by atoms with Crippen LogP contribution in [0, 0.1) is 18.6 Å². The molecule has 7 nitrogen and oxygen atoms in total. The highest BCUT2D eigenvalue weighted by molar-refractivity contribution is 5.91. The number of β-amino-alcohol motifs (C(OH)–C–C–N with tert-alkyl or cyclic N) is 1. The van der Waals surface area contributed by atoms with Gasteiger partial charge < -0.3 is 9.84 Å². The molecule has 9 heteroatoms. The Kier molecular flexibility index (Phi) is 6.80. The van der Waals surface area contributed by atoms with Gasteiger partial charge in [-0.15, -0.1) is 0 Å². The number of carbonyl (C=O) groups excluding carboxylic acids is 1. The zero-order chi connectivity index (χ0) is 23.4. The van der Waals surface area contributed by atoms with E-state index in [9.17, 15) is 18.7 Å². The number of halogens is 2. The van der Waals surface area contributed by atoms with E-state index in [1.165, 1.54) is 23.4 Å². The largest absolute Gasteiger partial charge is 0.459 e. The quantitative estimate of drug-likeness (QED) is 0.551. The lowest BCUT2D eigenvalue weighted by molar-refractivity contribution is -0.0397. The first kappa shape index (κ1) is 23.0. The lowest BCUT2D eigenvalue weighted by Gasteiger charge is -2.38. The monoisotopic (exact) mass is 456 g/mol. The second-order valence-corrected chi connectivity index (χ2v) is 8.44. The number of rotatable bonds is 7. The summed E-state index contributed by atoms with van der Waals surface area (Å²) in [5.41, 5.74) is -0.253. The van der Waals surface area contributed by atoms with Crippen LogP contribution < -0.4 is 0 Å². The molecule has 2 aromatic carbocycles. The topological polar surface area (TPSA) is 80.5 Å². The van der Waals surface area contributed by atoms with Crippen molar-refractivity contribution in [3.63, 3.8) is 0 Å². The summed E-state index contributed by atoms with van der Waals surface area (Å²) in [4.78, 5) is 18.4. The number of likely N-dealkylation sites (tertiary alicyclic amines) is 1. The third kappa shape index (κ3) is 5.43. The molecule has 0 amide bonds. The molecule has 0 radical (unpaired) electrons. The van der Waals surface area contributed by atoms with Crippen molar-refractivity contribution >= 4 is 5.97 Å². The van der Waals surface area contributed by atoms with Crippen LogP contribution >= 0.6 is 0 Å². The average Bonchev–Trinajstić information content (AvgIpc) is 3.28. The maximum atomic E-state index is 14.6. The van der Waals surface area contributed by atoms with Gasteiger partial charge in [-0.2, -0.15) is 5.10 Å². The smallest absolute Gasteiger partial charge is 0.338 e. The van der Waals surface area contributed by atoms with Gasteiger partial charge in [0.1, 0.15) is 36.0 Å². The van der Waals surface area contributed by atoms with Gasteiger partial charge in [-0.05, 0) is 37.5 Å². The van der Waals surface area contributed by atoms with E-state index >= 15 is 0 Å². The second kappa shape index (κ2) is 9.76. The van der Waals surface area contributed by atoms with Crippen molar-refractivity contribution in [3.8, 4) is 0 Å². The van der Waals surface area contributed by atoms with Crippen LogP contribution in [0.5, 0.6) is 0 Å². The fourth-order valence-electron chi connectivity index (χ4n) is 4.24. The molecule has 174 valence electrons. The average molecular weight is 456 g/mol. The minimum atomic E-state index is -1.66. The molecule has 1 aromatic heterocycles. The number of carbonyl (C=O) groups is 1. The van der Waals surface area contributed by atoms with Gasteiger partial charge in [0.25, 0.3) is 0 Å². The highest BCUT2D eigenvalue weighted by Crippen LogP contribution is 2.29. The van der Waals surface area contributed by atoms with Crippen molar-refractivity contribution in [1.29, 1.82) is 0 Å². The molecule has 1 fully saturated rings. The van der Waals surface area contributed by atoms with E-state index in [0.717, 1.165) is 17.7 Å². The third-order valence-electron chi connectivity index (χ3n) is 5.98. The molecular formula is C24H26F2N4O3. The molecule has 1 unspecified atom stereocenters. The minimum Gasteiger partial charge on any atom is -0.459 e. The van der Waals surface area contributed by atoms with Crippen LogP contribution in [-0.4, -0.2) is 56.5 Å². The van der Waals surface area contributed by atoms with Crippen LogP contribution in [0.2, 0.25) is 0 Å². The first-order chi connectivity index (χ1) is 15.8. The van der Waals surface area contributed by atoms with Gasteiger partial charge in [0.2, 0.25) is 0 Å². The summed E-state index contributed by atoms with van der Waals surface area (Å²) in [6.07, 6.45) is 3.70. The highest BCUT2D eigenvalue weighted by Gasteiger charge is 2.37. The number of hydrogen-bond acceptors (Lipinski definition) is 6. The van der Waals surface area contributed by atoms with Crippen molar-refractivity contribution in [2.45, 2.75) is 38.0 Å². The fourth-order valence-corrected chi connectivity index (χ4v) is 4.24. The standard InChI is InChI=1S/C24H26F2N4O3/c1-17-4-2-3-5-20(17)23(31)33-19-8-10-29(11-9-19)13-24(32,14-30-16-27-15-28-30)21-7-6-18(25)12-22(21)26/h2-7,12,15-16,19,32H,8-11,13-14H2,1H3. The number of aryl methyl sites for hydroxylation is 1. The molecule has 1 aliphatic heterocycles. The van der Waals surface area contributed by atoms with Crippen LogP contribution in [0.4, 0.5) is 8.78 Å². The Labute approximate surface area is 190 Å². The van der Waals surface area contributed by atoms with Gasteiger partial charge in [0, 0.05) is 31.3 Å². The number of benzene rings is 2. The minimum absolute atomic E-state index is 0.00694. The Bertz CT molecular complexity index is 1100. The molecule has 0 aliphatic carbocycles.